The van der Waals surface area contributed by atoms with Crippen LogP contribution in [0, 0.1) is 6.92 Å². The molecule has 0 radical (unpaired) electrons. The molecule has 0 unspecified atom stereocenters. The largest absolute Gasteiger partial charge is 0.311 e. The van der Waals surface area contributed by atoms with Crippen molar-refractivity contribution in [2.45, 2.75) is 33.7 Å². The summed E-state index contributed by atoms with van der Waals surface area (Å²) in [6.45, 7) is 12.0. The highest BCUT2D eigenvalue weighted by molar-refractivity contribution is 9.10. The molecule has 1 aromatic carbocycles. The lowest BCUT2D eigenvalue weighted by Gasteiger charge is -2.19. The summed E-state index contributed by atoms with van der Waals surface area (Å²) in [5.74, 6) is 0. The number of nitrogens with zero attached hydrogens (tertiary/aromatic N) is 1. The van der Waals surface area contributed by atoms with Crippen LogP contribution in [0.5, 0.6) is 0 Å². The summed E-state index contributed by atoms with van der Waals surface area (Å²) in [6, 6.07) is 6.53. The first-order valence-corrected chi connectivity index (χ1v) is 7.64. The maximum absolute atomic E-state index is 3.62. The van der Waals surface area contributed by atoms with Crippen molar-refractivity contribution < 1.29 is 0 Å². The predicted molar refractivity (Wildman–Crippen MR) is 83.0 cm³/mol. The lowest BCUT2D eigenvalue weighted by molar-refractivity contribution is 0.287. The van der Waals surface area contributed by atoms with E-state index in [0.717, 1.165) is 26.2 Å². The molecule has 1 aromatic rings. The van der Waals surface area contributed by atoms with Crippen LogP contribution in [0.2, 0.25) is 0 Å². The van der Waals surface area contributed by atoms with Gasteiger partial charge in [-0.05, 0) is 43.6 Å². The Labute approximate surface area is 120 Å². The van der Waals surface area contributed by atoms with Crippen LogP contribution in [-0.4, -0.2) is 31.1 Å². The van der Waals surface area contributed by atoms with Crippen molar-refractivity contribution in [2.75, 3.05) is 26.2 Å². The normalized spacial score (nSPS) is 11.2. The van der Waals surface area contributed by atoms with E-state index >= 15 is 0 Å². The number of halogens is 1. The van der Waals surface area contributed by atoms with Gasteiger partial charge in [0, 0.05) is 24.1 Å². The minimum absolute atomic E-state index is 0.935. The van der Waals surface area contributed by atoms with Gasteiger partial charge in [-0.15, -0.1) is 0 Å². The molecule has 0 aliphatic rings. The topological polar surface area (TPSA) is 15.3 Å². The summed E-state index contributed by atoms with van der Waals surface area (Å²) in [5, 5.41) is 3.51. The van der Waals surface area contributed by atoms with E-state index in [1.807, 2.05) is 0 Å². The average Bonchev–Trinajstić information content (AvgIpc) is 2.35. The number of nitrogens with one attached hydrogen (secondary N) is 1. The van der Waals surface area contributed by atoms with E-state index in [4.69, 9.17) is 0 Å². The molecular formula is C15H25BrN2. The minimum atomic E-state index is 0.935. The molecule has 0 bridgehead atoms. The molecular weight excluding hydrogens is 288 g/mol. The van der Waals surface area contributed by atoms with Crippen molar-refractivity contribution in [2.24, 2.45) is 0 Å². The Balaban J connectivity index is 2.29. The molecule has 0 atom stereocenters. The second-order valence-electron chi connectivity index (χ2n) is 4.71. The quantitative estimate of drug-likeness (QED) is 0.738. The van der Waals surface area contributed by atoms with Gasteiger partial charge >= 0.3 is 0 Å². The van der Waals surface area contributed by atoms with Gasteiger partial charge in [-0.25, -0.2) is 0 Å². The Morgan fingerprint density at radius 2 is 2.00 bits per heavy atom. The second-order valence-corrected chi connectivity index (χ2v) is 5.56. The molecule has 0 aliphatic carbocycles. The van der Waals surface area contributed by atoms with E-state index in [1.54, 1.807) is 0 Å². The van der Waals surface area contributed by atoms with Crippen LogP contribution in [0.4, 0.5) is 0 Å². The third kappa shape index (κ3) is 5.51. The van der Waals surface area contributed by atoms with Gasteiger partial charge in [0.1, 0.15) is 0 Å². The molecule has 1 rings (SSSR count). The third-order valence-electron chi connectivity index (χ3n) is 3.12. The van der Waals surface area contributed by atoms with Crippen LogP contribution in [0.15, 0.2) is 22.7 Å². The molecule has 1 N–H and O–H groups in total. The molecule has 0 aromatic heterocycles. The van der Waals surface area contributed by atoms with E-state index < -0.39 is 0 Å². The van der Waals surface area contributed by atoms with Gasteiger partial charge in [-0.2, -0.15) is 0 Å². The average molecular weight is 313 g/mol. The Hall–Kier alpha value is -0.380. The lowest BCUT2D eigenvalue weighted by atomic mass is 10.1. The fraction of sp³-hybridized carbons (Fsp3) is 0.600. The van der Waals surface area contributed by atoms with Gasteiger partial charge in [0.2, 0.25) is 0 Å². The molecule has 0 amide bonds. The fourth-order valence-electron chi connectivity index (χ4n) is 2.00. The van der Waals surface area contributed by atoms with E-state index in [0.29, 0.717) is 0 Å². The number of rotatable bonds is 8. The molecule has 0 spiro atoms. The molecule has 0 saturated carbocycles. The Morgan fingerprint density at radius 1 is 1.22 bits per heavy atom. The highest BCUT2D eigenvalue weighted by Gasteiger charge is 2.02. The SMILES string of the molecule is CCCN(CC)CCNCc1ccc(C)cc1Br. The van der Waals surface area contributed by atoms with Crippen molar-refractivity contribution in [3.8, 4) is 0 Å². The first-order valence-electron chi connectivity index (χ1n) is 6.85. The third-order valence-corrected chi connectivity index (χ3v) is 3.85. The summed E-state index contributed by atoms with van der Waals surface area (Å²) in [6.07, 6.45) is 1.23. The van der Waals surface area contributed by atoms with Crippen molar-refractivity contribution in [3.05, 3.63) is 33.8 Å². The molecule has 0 fully saturated rings. The standard InChI is InChI=1S/C15H25BrN2/c1-4-9-18(5-2)10-8-17-12-14-7-6-13(3)11-15(14)16/h6-7,11,17H,4-5,8-10,12H2,1-3H3. The van der Waals surface area contributed by atoms with Crippen LogP contribution in [-0.2, 0) is 6.54 Å². The van der Waals surface area contributed by atoms with E-state index in [2.05, 4.69) is 65.1 Å². The number of benzene rings is 1. The van der Waals surface area contributed by atoms with Crippen LogP contribution in [0.25, 0.3) is 0 Å². The maximum Gasteiger partial charge on any atom is 0.0222 e. The Kier molecular flexibility index (Phi) is 7.56. The highest BCUT2D eigenvalue weighted by atomic mass is 79.9. The molecule has 102 valence electrons. The van der Waals surface area contributed by atoms with Gasteiger partial charge in [0.15, 0.2) is 0 Å². The van der Waals surface area contributed by atoms with E-state index in [-0.39, 0.29) is 0 Å². The van der Waals surface area contributed by atoms with E-state index in [9.17, 15) is 0 Å². The Bertz CT molecular complexity index is 352. The van der Waals surface area contributed by atoms with Crippen LogP contribution in [0.3, 0.4) is 0 Å². The van der Waals surface area contributed by atoms with Crippen LogP contribution < -0.4 is 5.32 Å². The molecule has 0 aliphatic heterocycles. The van der Waals surface area contributed by atoms with Gasteiger partial charge in [-0.3, -0.25) is 0 Å². The van der Waals surface area contributed by atoms with Gasteiger partial charge in [0.25, 0.3) is 0 Å². The van der Waals surface area contributed by atoms with Gasteiger partial charge < -0.3 is 10.2 Å². The minimum Gasteiger partial charge on any atom is -0.311 e. The zero-order valence-electron chi connectivity index (χ0n) is 11.8. The number of aryl methyl sites for hydroxylation is 1. The van der Waals surface area contributed by atoms with Gasteiger partial charge in [0.05, 0.1) is 0 Å². The highest BCUT2D eigenvalue weighted by Crippen LogP contribution is 2.17. The summed E-state index contributed by atoms with van der Waals surface area (Å²) < 4.78 is 1.20. The van der Waals surface area contributed by atoms with Crippen LogP contribution >= 0.6 is 15.9 Å². The van der Waals surface area contributed by atoms with Crippen LogP contribution in [0.1, 0.15) is 31.4 Å². The maximum atomic E-state index is 3.62. The first-order chi connectivity index (χ1) is 8.67. The summed E-state index contributed by atoms with van der Waals surface area (Å²) in [5.41, 5.74) is 2.63. The molecule has 3 heteroatoms. The van der Waals surface area contributed by atoms with Crippen molar-refractivity contribution in [1.82, 2.24) is 10.2 Å². The van der Waals surface area contributed by atoms with Crippen molar-refractivity contribution in [1.29, 1.82) is 0 Å². The molecule has 0 saturated heterocycles. The smallest absolute Gasteiger partial charge is 0.0222 e. The fourth-order valence-corrected chi connectivity index (χ4v) is 2.63. The number of hydrogen-bond acceptors (Lipinski definition) is 2. The predicted octanol–water partition coefficient (Wildman–Crippen LogP) is 3.58. The zero-order valence-corrected chi connectivity index (χ0v) is 13.4. The lowest BCUT2D eigenvalue weighted by Crippen LogP contribution is -2.32. The second kappa shape index (κ2) is 8.68. The first kappa shape index (κ1) is 15.7. The molecule has 18 heavy (non-hydrogen) atoms. The Morgan fingerprint density at radius 3 is 2.61 bits per heavy atom. The van der Waals surface area contributed by atoms with E-state index in [1.165, 1.54) is 28.6 Å². The molecule has 2 nitrogen and oxygen atoms in total. The van der Waals surface area contributed by atoms with Crippen molar-refractivity contribution in [3.63, 3.8) is 0 Å². The van der Waals surface area contributed by atoms with Crippen molar-refractivity contribution >= 4 is 15.9 Å². The summed E-state index contributed by atoms with van der Waals surface area (Å²) in [7, 11) is 0. The number of hydrogen-bond donors (Lipinski definition) is 1. The summed E-state index contributed by atoms with van der Waals surface area (Å²) in [4.78, 5) is 2.48. The number of likely N-dealkylation sites (N-methyl/N-ethyl adjacent to an activating group) is 1. The molecule has 0 heterocycles. The zero-order chi connectivity index (χ0) is 13.4. The monoisotopic (exact) mass is 312 g/mol. The van der Waals surface area contributed by atoms with Gasteiger partial charge in [-0.1, -0.05) is 41.9 Å². The summed E-state index contributed by atoms with van der Waals surface area (Å²) >= 11 is 3.62.